The summed E-state index contributed by atoms with van der Waals surface area (Å²) in [7, 11) is -3.47. The van der Waals surface area contributed by atoms with Crippen LogP contribution in [-0.4, -0.2) is 42.5 Å². The number of sulfonamides is 1. The number of nitrogens with one attached hydrogen (secondary N) is 1. The lowest BCUT2D eigenvalue weighted by Gasteiger charge is -2.25. The van der Waals surface area contributed by atoms with Crippen molar-refractivity contribution < 1.29 is 13.2 Å². The quantitative estimate of drug-likeness (QED) is 0.746. The highest BCUT2D eigenvalue weighted by atomic mass is 32.2. The minimum absolute atomic E-state index is 0.129. The molecule has 2 aromatic rings. The van der Waals surface area contributed by atoms with Crippen molar-refractivity contribution in [3.05, 3.63) is 48.2 Å². The zero-order valence-corrected chi connectivity index (χ0v) is 16.9. The molecule has 1 saturated heterocycles. The van der Waals surface area contributed by atoms with Crippen LogP contribution in [0.5, 0.6) is 0 Å². The molecule has 0 radical (unpaired) electrons. The molecule has 0 saturated carbocycles. The molecule has 0 unspecified atom stereocenters. The van der Waals surface area contributed by atoms with E-state index in [2.05, 4.69) is 10.3 Å². The van der Waals surface area contributed by atoms with Gasteiger partial charge in [0.25, 0.3) is 0 Å². The molecule has 1 amide bonds. The van der Waals surface area contributed by atoms with Gasteiger partial charge in [0.15, 0.2) is 0 Å². The molecule has 1 fully saturated rings. The number of piperidine rings is 1. The lowest BCUT2D eigenvalue weighted by atomic mass is 10.2. The Hall–Kier alpha value is -1.90. The van der Waals surface area contributed by atoms with E-state index in [0.717, 1.165) is 30.5 Å². The summed E-state index contributed by atoms with van der Waals surface area (Å²) in [6.45, 7) is 3.12. The Morgan fingerprint density at radius 1 is 1.11 bits per heavy atom. The molecule has 8 heteroatoms. The number of aryl methyl sites for hydroxylation is 1. The minimum atomic E-state index is -3.47. The molecule has 0 spiro atoms. The fourth-order valence-corrected chi connectivity index (χ4v) is 4.94. The predicted octanol–water partition coefficient (Wildman–Crippen LogP) is 3.30. The molecule has 144 valence electrons. The van der Waals surface area contributed by atoms with Crippen LogP contribution in [0.3, 0.4) is 0 Å². The maximum atomic E-state index is 12.6. The topological polar surface area (TPSA) is 79.4 Å². The number of carbonyl (C=O) groups is 1. The average molecular weight is 406 g/mol. The zero-order chi connectivity index (χ0) is 19.3. The maximum Gasteiger partial charge on any atom is 0.244 e. The molecule has 27 heavy (non-hydrogen) atoms. The number of rotatable bonds is 6. The summed E-state index contributed by atoms with van der Waals surface area (Å²) in [5.41, 5.74) is 1.88. The Bertz CT molecular complexity index is 875. The van der Waals surface area contributed by atoms with E-state index >= 15 is 0 Å². The van der Waals surface area contributed by atoms with Crippen molar-refractivity contribution >= 4 is 33.4 Å². The molecule has 1 aromatic carbocycles. The van der Waals surface area contributed by atoms with Crippen molar-refractivity contribution in [3.63, 3.8) is 0 Å². The van der Waals surface area contributed by atoms with Gasteiger partial charge in [-0.2, -0.15) is 4.31 Å². The standard InChI is InChI=1S/C19H23N3O3S2/c1-15-5-7-16(8-6-15)21-18(23)14-26-19-10-9-17(13-20-19)27(24,25)22-11-3-2-4-12-22/h5-10,13H,2-4,11-12,14H2,1H3,(H,21,23). The summed E-state index contributed by atoms with van der Waals surface area (Å²) >= 11 is 1.27. The van der Waals surface area contributed by atoms with Gasteiger partial charge in [0.2, 0.25) is 15.9 Å². The fourth-order valence-electron chi connectivity index (χ4n) is 2.83. The number of amides is 1. The van der Waals surface area contributed by atoms with Crippen LogP contribution < -0.4 is 5.32 Å². The van der Waals surface area contributed by atoms with E-state index in [1.807, 2.05) is 31.2 Å². The third-order valence-electron chi connectivity index (χ3n) is 4.35. The first kappa shape index (κ1) is 19.9. The van der Waals surface area contributed by atoms with Gasteiger partial charge >= 0.3 is 0 Å². The number of anilines is 1. The first-order valence-corrected chi connectivity index (χ1v) is 11.3. The van der Waals surface area contributed by atoms with Crippen LogP contribution in [0.15, 0.2) is 52.5 Å². The molecule has 1 aliphatic heterocycles. The highest BCUT2D eigenvalue weighted by molar-refractivity contribution is 7.99. The van der Waals surface area contributed by atoms with E-state index in [4.69, 9.17) is 0 Å². The van der Waals surface area contributed by atoms with Crippen molar-refractivity contribution in [3.8, 4) is 0 Å². The fraction of sp³-hybridized carbons (Fsp3) is 0.368. The molecule has 0 bridgehead atoms. The lowest BCUT2D eigenvalue weighted by Crippen LogP contribution is -2.35. The number of thioether (sulfide) groups is 1. The largest absolute Gasteiger partial charge is 0.325 e. The van der Waals surface area contributed by atoms with Gasteiger partial charge in [0, 0.05) is 25.0 Å². The van der Waals surface area contributed by atoms with Crippen LogP contribution in [0.1, 0.15) is 24.8 Å². The second-order valence-electron chi connectivity index (χ2n) is 6.50. The summed E-state index contributed by atoms with van der Waals surface area (Å²) in [5.74, 6) is 0.0784. The van der Waals surface area contributed by atoms with Crippen LogP contribution in [0, 0.1) is 6.92 Å². The van der Waals surface area contributed by atoms with Gasteiger partial charge in [0.1, 0.15) is 4.90 Å². The van der Waals surface area contributed by atoms with Crippen LogP contribution in [-0.2, 0) is 14.8 Å². The van der Waals surface area contributed by atoms with Gasteiger partial charge in [-0.25, -0.2) is 13.4 Å². The number of hydrogen-bond donors (Lipinski definition) is 1. The van der Waals surface area contributed by atoms with Crippen LogP contribution >= 0.6 is 11.8 Å². The molecular formula is C19H23N3O3S2. The zero-order valence-electron chi connectivity index (χ0n) is 15.2. The van der Waals surface area contributed by atoms with Gasteiger partial charge < -0.3 is 5.32 Å². The normalized spacial score (nSPS) is 15.4. The van der Waals surface area contributed by atoms with Gasteiger partial charge in [-0.3, -0.25) is 4.79 Å². The number of hydrogen-bond acceptors (Lipinski definition) is 5. The summed E-state index contributed by atoms with van der Waals surface area (Å²) in [6, 6.07) is 10.8. The maximum absolute atomic E-state index is 12.6. The van der Waals surface area contributed by atoms with E-state index in [1.54, 1.807) is 12.1 Å². The SMILES string of the molecule is Cc1ccc(NC(=O)CSc2ccc(S(=O)(=O)N3CCCCC3)cn2)cc1. The minimum Gasteiger partial charge on any atom is -0.325 e. The third-order valence-corrected chi connectivity index (χ3v) is 7.17. The van der Waals surface area contributed by atoms with Crippen molar-refractivity contribution in [1.82, 2.24) is 9.29 Å². The van der Waals surface area contributed by atoms with Gasteiger partial charge in [-0.05, 0) is 44.0 Å². The predicted molar refractivity (Wildman–Crippen MR) is 107 cm³/mol. The highest BCUT2D eigenvalue weighted by Gasteiger charge is 2.26. The number of carbonyl (C=O) groups excluding carboxylic acids is 1. The van der Waals surface area contributed by atoms with Crippen LogP contribution in [0.25, 0.3) is 0 Å². The van der Waals surface area contributed by atoms with E-state index in [0.29, 0.717) is 18.1 Å². The Morgan fingerprint density at radius 3 is 2.44 bits per heavy atom. The van der Waals surface area contributed by atoms with E-state index in [1.165, 1.54) is 22.3 Å². The average Bonchev–Trinajstić information content (AvgIpc) is 2.69. The number of benzene rings is 1. The molecule has 1 aliphatic rings. The van der Waals surface area contributed by atoms with Gasteiger partial charge in [0.05, 0.1) is 10.8 Å². The summed E-state index contributed by atoms with van der Waals surface area (Å²) < 4.78 is 26.7. The molecule has 2 heterocycles. The summed E-state index contributed by atoms with van der Waals surface area (Å²) in [6.07, 6.45) is 4.25. The Balaban J connectivity index is 1.55. The Morgan fingerprint density at radius 2 is 1.81 bits per heavy atom. The molecular weight excluding hydrogens is 382 g/mol. The molecule has 3 rings (SSSR count). The molecule has 1 aromatic heterocycles. The first-order chi connectivity index (χ1) is 12.9. The second kappa shape index (κ2) is 8.86. The third kappa shape index (κ3) is 5.31. The van der Waals surface area contributed by atoms with Crippen LogP contribution in [0.4, 0.5) is 5.69 Å². The van der Waals surface area contributed by atoms with Gasteiger partial charge in [-0.15, -0.1) is 0 Å². The van der Waals surface area contributed by atoms with Gasteiger partial charge in [-0.1, -0.05) is 35.9 Å². The Kier molecular flexibility index (Phi) is 6.51. The number of pyridine rings is 1. The Labute approximate surface area is 164 Å². The smallest absolute Gasteiger partial charge is 0.244 e. The molecule has 1 N–H and O–H groups in total. The number of aromatic nitrogens is 1. The molecule has 6 nitrogen and oxygen atoms in total. The van der Waals surface area contributed by atoms with E-state index < -0.39 is 10.0 Å². The lowest BCUT2D eigenvalue weighted by molar-refractivity contribution is -0.113. The number of nitrogens with zero attached hydrogens (tertiary/aromatic N) is 2. The first-order valence-electron chi connectivity index (χ1n) is 8.91. The second-order valence-corrected chi connectivity index (χ2v) is 9.43. The van der Waals surface area contributed by atoms with Crippen molar-refractivity contribution in [1.29, 1.82) is 0 Å². The van der Waals surface area contributed by atoms with Crippen molar-refractivity contribution in [2.75, 3.05) is 24.2 Å². The highest BCUT2D eigenvalue weighted by Crippen LogP contribution is 2.22. The van der Waals surface area contributed by atoms with E-state index in [-0.39, 0.29) is 16.6 Å². The monoisotopic (exact) mass is 405 g/mol. The van der Waals surface area contributed by atoms with Crippen molar-refractivity contribution in [2.45, 2.75) is 36.1 Å². The summed E-state index contributed by atoms with van der Waals surface area (Å²) in [4.78, 5) is 16.5. The molecule has 0 atom stereocenters. The van der Waals surface area contributed by atoms with E-state index in [9.17, 15) is 13.2 Å². The summed E-state index contributed by atoms with van der Waals surface area (Å²) in [5, 5.41) is 3.45. The molecule has 0 aliphatic carbocycles. The van der Waals surface area contributed by atoms with Crippen LogP contribution in [0.2, 0.25) is 0 Å². The van der Waals surface area contributed by atoms with Crippen molar-refractivity contribution in [2.24, 2.45) is 0 Å².